The van der Waals surface area contributed by atoms with Crippen LogP contribution in [0.25, 0.3) is 0 Å². The van der Waals surface area contributed by atoms with E-state index < -0.39 is 11.3 Å². The summed E-state index contributed by atoms with van der Waals surface area (Å²) in [5.74, 6) is -0.866. The molecule has 0 saturated carbocycles. The Labute approximate surface area is 99.8 Å². The Hall–Kier alpha value is -0.360. The molecule has 0 aliphatic heterocycles. The van der Waals surface area contributed by atoms with Gasteiger partial charge in [0.15, 0.2) is 0 Å². The lowest BCUT2D eigenvalue weighted by molar-refractivity contribution is -0.117. The summed E-state index contributed by atoms with van der Waals surface area (Å²) in [6.45, 7) is 0. The zero-order valence-electron chi connectivity index (χ0n) is 7.14. The van der Waals surface area contributed by atoms with E-state index in [1.54, 1.807) is 6.07 Å². The van der Waals surface area contributed by atoms with Crippen LogP contribution in [0.2, 0.25) is 0 Å². The van der Waals surface area contributed by atoms with Crippen LogP contribution in [0.1, 0.15) is 5.56 Å². The lowest BCUT2D eigenvalue weighted by atomic mass is 10.1. The van der Waals surface area contributed by atoms with Crippen molar-refractivity contribution in [3.8, 4) is 0 Å². The van der Waals surface area contributed by atoms with Crippen LogP contribution in [0.15, 0.2) is 18.2 Å². The molecule has 0 heterocycles. The summed E-state index contributed by atoms with van der Waals surface area (Å²) in [4.78, 5) is 10.7. The number of carbonyl (C=O) groups is 1. The largest absolute Gasteiger partial charge is 0.368 e. The minimum absolute atomic E-state index is 0.302. The SMILES string of the molecule is NC(=O)C(Cl)Cc1ccc(F)cc1I. The maximum atomic E-state index is 12.7. The van der Waals surface area contributed by atoms with Crippen LogP contribution in [-0.4, -0.2) is 11.3 Å². The molecule has 1 amide bonds. The van der Waals surface area contributed by atoms with Crippen LogP contribution in [0.3, 0.4) is 0 Å². The second-order valence-electron chi connectivity index (χ2n) is 2.81. The summed E-state index contributed by atoms with van der Waals surface area (Å²) in [5, 5.41) is -0.742. The average Bonchev–Trinajstić information content (AvgIpc) is 2.09. The van der Waals surface area contributed by atoms with Gasteiger partial charge in [0, 0.05) is 3.57 Å². The third-order valence-electron chi connectivity index (χ3n) is 1.72. The van der Waals surface area contributed by atoms with Crippen molar-refractivity contribution < 1.29 is 9.18 Å². The molecule has 0 bridgehead atoms. The van der Waals surface area contributed by atoms with Gasteiger partial charge in [-0.3, -0.25) is 4.79 Å². The first-order valence-electron chi connectivity index (χ1n) is 3.88. The predicted octanol–water partition coefficient (Wildman–Crippen LogP) is 2.07. The van der Waals surface area contributed by atoms with Crippen molar-refractivity contribution in [3.63, 3.8) is 0 Å². The van der Waals surface area contributed by atoms with Crippen LogP contribution in [0.4, 0.5) is 4.39 Å². The highest BCUT2D eigenvalue weighted by atomic mass is 127. The van der Waals surface area contributed by atoms with Crippen LogP contribution in [0, 0.1) is 9.39 Å². The monoisotopic (exact) mass is 327 g/mol. The molecule has 14 heavy (non-hydrogen) atoms. The molecule has 0 fully saturated rings. The molecule has 0 aliphatic rings. The van der Waals surface area contributed by atoms with E-state index in [0.717, 1.165) is 9.13 Å². The number of amides is 1. The molecule has 0 aliphatic carbocycles. The number of primary amides is 1. The van der Waals surface area contributed by atoms with Crippen LogP contribution in [0.5, 0.6) is 0 Å². The van der Waals surface area contributed by atoms with Crippen molar-refractivity contribution in [2.24, 2.45) is 5.73 Å². The van der Waals surface area contributed by atoms with E-state index in [-0.39, 0.29) is 5.82 Å². The number of carbonyl (C=O) groups excluding carboxylic acids is 1. The van der Waals surface area contributed by atoms with Crippen molar-refractivity contribution >= 4 is 40.1 Å². The topological polar surface area (TPSA) is 43.1 Å². The third-order valence-corrected chi connectivity index (χ3v) is 3.10. The van der Waals surface area contributed by atoms with E-state index in [1.165, 1.54) is 12.1 Å². The van der Waals surface area contributed by atoms with Crippen molar-refractivity contribution in [2.75, 3.05) is 0 Å². The second kappa shape index (κ2) is 4.93. The molecule has 2 nitrogen and oxygen atoms in total. The number of hydrogen-bond donors (Lipinski definition) is 1. The molecule has 1 unspecified atom stereocenters. The first-order valence-corrected chi connectivity index (χ1v) is 5.39. The molecule has 1 aromatic rings. The molecule has 0 saturated heterocycles. The normalized spacial score (nSPS) is 12.5. The number of rotatable bonds is 3. The smallest absolute Gasteiger partial charge is 0.235 e. The van der Waals surface area contributed by atoms with Gasteiger partial charge in [-0.2, -0.15) is 0 Å². The zero-order valence-corrected chi connectivity index (χ0v) is 10.0. The van der Waals surface area contributed by atoms with E-state index in [1.807, 2.05) is 22.6 Å². The lowest BCUT2D eigenvalue weighted by Crippen LogP contribution is -2.25. The van der Waals surface area contributed by atoms with Gasteiger partial charge >= 0.3 is 0 Å². The van der Waals surface area contributed by atoms with Crippen LogP contribution in [-0.2, 0) is 11.2 Å². The van der Waals surface area contributed by atoms with Gasteiger partial charge in [0.2, 0.25) is 5.91 Å². The van der Waals surface area contributed by atoms with Gasteiger partial charge < -0.3 is 5.73 Å². The van der Waals surface area contributed by atoms with E-state index in [2.05, 4.69) is 0 Å². The summed E-state index contributed by atoms with van der Waals surface area (Å²) in [6.07, 6.45) is 0.329. The van der Waals surface area contributed by atoms with Crippen LogP contribution >= 0.6 is 34.2 Å². The Kier molecular flexibility index (Phi) is 4.12. The second-order valence-corrected chi connectivity index (χ2v) is 4.50. The number of alkyl halides is 1. The van der Waals surface area contributed by atoms with Gasteiger partial charge in [0.05, 0.1) is 0 Å². The maximum absolute atomic E-state index is 12.7. The number of nitrogens with two attached hydrogens (primary N) is 1. The molecule has 76 valence electrons. The van der Waals surface area contributed by atoms with Gasteiger partial charge in [0.1, 0.15) is 11.2 Å². The maximum Gasteiger partial charge on any atom is 0.235 e. The summed E-state index contributed by atoms with van der Waals surface area (Å²) in [7, 11) is 0. The molecule has 2 N–H and O–H groups in total. The fourth-order valence-corrected chi connectivity index (χ4v) is 1.84. The van der Waals surface area contributed by atoms with Crippen molar-refractivity contribution in [1.82, 2.24) is 0 Å². The predicted molar refractivity (Wildman–Crippen MR) is 61.7 cm³/mol. The van der Waals surface area contributed by atoms with Gasteiger partial charge in [-0.1, -0.05) is 6.07 Å². The minimum Gasteiger partial charge on any atom is -0.368 e. The van der Waals surface area contributed by atoms with E-state index in [0.29, 0.717) is 6.42 Å². The molecule has 5 heteroatoms. The molecular formula is C9H8ClFINO. The summed E-state index contributed by atoms with van der Waals surface area (Å²) < 4.78 is 13.5. The van der Waals surface area contributed by atoms with Crippen molar-refractivity contribution in [3.05, 3.63) is 33.1 Å². The molecular weight excluding hydrogens is 319 g/mol. The van der Waals surface area contributed by atoms with Gasteiger partial charge in [-0.05, 0) is 46.7 Å². The highest BCUT2D eigenvalue weighted by molar-refractivity contribution is 14.1. The third kappa shape index (κ3) is 3.09. The van der Waals surface area contributed by atoms with Gasteiger partial charge in [-0.15, -0.1) is 11.6 Å². The fourth-order valence-electron chi connectivity index (χ4n) is 0.981. The van der Waals surface area contributed by atoms with E-state index in [4.69, 9.17) is 17.3 Å². The Morgan fingerprint density at radius 2 is 2.29 bits per heavy atom. The summed E-state index contributed by atoms with van der Waals surface area (Å²) in [5.41, 5.74) is 5.84. The van der Waals surface area contributed by atoms with Crippen molar-refractivity contribution in [2.45, 2.75) is 11.8 Å². The summed E-state index contributed by atoms with van der Waals surface area (Å²) in [6, 6.07) is 4.33. The highest BCUT2D eigenvalue weighted by Crippen LogP contribution is 2.17. The lowest BCUT2D eigenvalue weighted by Gasteiger charge is -2.07. The molecule has 1 aromatic carbocycles. The Morgan fingerprint density at radius 3 is 2.79 bits per heavy atom. The molecule has 0 spiro atoms. The molecule has 0 radical (unpaired) electrons. The Bertz CT molecular complexity index is 359. The summed E-state index contributed by atoms with van der Waals surface area (Å²) >= 11 is 7.68. The van der Waals surface area contributed by atoms with Crippen molar-refractivity contribution in [1.29, 1.82) is 0 Å². The number of benzene rings is 1. The minimum atomic E-state index is -0.742. The van der Waals surface area contributed by atoms with Gasteiger partial charge in [0.25, 0.3) is 0 Å². The molecule has 1 rings (SSSR count). The number of hydrogen-bond acceptors (Lipinski definition) is 1. The zero-order chi connectivity index (χ0) is 10.7. The van der Waals surface area contributed by atoms with Gasteiger partial charge in [-0.25, -0.2) is 4.39 Å². The van der Waals surface area contributed by atoms with E-state index in [9.17, 15) is 9.18 Å². The Morgan fingerprint density at radius 1 is 1.64 bits per heavy atom. The first kappa shape index (κ1) is 11.7. The molecule has 1 atom stereocenters. The number of halogens is 3. The Balaban J connectivity index is 2.82. The quantitative estimate of drug-likeness (QED) is 0.670. The van der Waals surface area contributed by atoms with Crippen LogP contribution < -0.4 is 5.73 Å². The standard InChI is InChI=1S/C9H8ClFINO/c10-7(9(13)14)3-5-1-2-6(11)4-8(5)12/h1-2,4,7H,3H2,(H2,13,14). The fraction of sp³-hybridized carbons (Fsp3) is 0.222. The first-order chi connectivity index (χ1) is 6.50. The highest BCUT2D eigenvalue weighted by Gasteiger charge is 2.13. The average molecular weight is 328 g/mol. The molecule has 0 aromatic heterocycles. The van der Waals surface area contributed by atoms with E-state index >= 15 is 0 Å².